The van der Waals surface area contributed by atoms with Crippen molar-refractivity contribution < 1.29 is 19.1 Å². The molecular formula is C21H21NO4S. The van der Waals surface area contributed by atoms with Gasteiger partial charge >= 0.3 is 0 Å². The Morgan fingerprint density at radius 3 is 2.26 bits per heavy atom. The first-order valence-electron chi connectivity index (χ1n) is 8.56. The van der Waals surface area contributed by atoms with E-state index in [4.69, 9.17) is 9.47 Å². The van der Waals surface area contributed by atoms with Gasteiger partial charge < -0.3 is 9.47 Å². The predicted octanol–water partition coefficient (Wildman–Crippen LogP) is 4.05. The van der Waals surface area contributed by atoms with Gasteiger partial charge in [-0.25, -0.2) is 4.90 Å². The number of carbonyl (C=O) groups is 2. The summed E-state index contributed by atoms with van der Waals surface area (Å²) < 4.78 is 10.6. The lowest BCUT2D eigenvalue weighted by Crippen LogP contribution is -2.31. The third kappa shape index (κ3) is 3.45. The Labute approximate surface area is 163 Å². The third-order valence-electron chi connectivity index (χ3n) is 4.30. The van der Waals surface area contributed by atoms with Gasteiger partial charge in [-0.15, -0.1) is 11.8 Å². The summed E-state index contributed by atoms with van der Waals surface area (Å²) in [5.41, 5.74) is 2.67. The second kappa shape index (κ2) is 7.88. The summed E-state index contributed by atoms with van der Waals surface area (Å²) in [6, 6.07) is 12.7. The number of anilines is 1. The number of nitrogens with zero attached hydrogens (tertiary/aromatic N) is 1. The Bertz CT molecular complexity index is 918. The Morgan fingerprint density at radius 2 is 1.67 bits per heavy atom. The monoisotopic (exact) mass is 383 g/mol. The van der Waals surface area contributed by atoms with Crippen molar-refractivity contribution in [3.05, 3.63) is 58.5 Å². The highest BCUT2D eigenvalue weighted by atomic mass is 32.2. The summed E-state index contributed by atoms with van der Waals surface area (Å²) in [7, 11) is 3.05. The normalized spacial score (nSPS) is 14.1. The molecule has 0 bridgehead atoms. The fourth-order valence-electron chi connectivity index (χ4n) is 2.95. The van der Waals surface area contributed by atoms with Crippen LogP contribution in [0.3, 0.4) is 0 Å². The van der Waals surface area contributed by atoms with Crippen molar-refractivity contribution >= 4 is 34.8 Å². The van der Waals surface area contributed by atoms with E-state index in [0.717, 1.165) is 11.1 Å². The van der Waals surface area contributed by atoms with Gasteiger partial charge in [0.15, 0.2) is 0 Å². The molecule has 0 atom stereocenters. The van der Waals surface area contributed by atoms with Crippen LogP contribution in [0.1, 0.15) is 18.1 Å². The van der Waals surface area contributed by atoms with Gasteiger partial charge in [-0.1, -0.05) is 36.8 Å². The van der Waals surface area contributed by atoms with Gasteiger partial charge in [-0.05, 0) is 30.4 Å². The number of methoxy groups -OCH3 is 2. The zero-order valence-corrected chi connectivity index (χ0v) is 16.6. The Kier molecular flexibility index (Phi) is 5.56. The molecule has 3 rings (SSSR count). The van der Waals surface area contributed by atoms with E-state index >= 15 is 0 Å². The van der Waals surface area contributed by atoms with Crippen LogP contribution in [0.15, 0.2) is 47.4 Å². The lowest BCUT2D eigenvalue weighted by atomic mass is 10.0. The molecule has 0 spiro atoms. The highest BCUT2D eigenvalue weighted by molar-refractivity contribution is 8.04. The number of hydrogen-bond acceptors (Lipinski definition) is 5. The van der Waals surface area contributed by atoms with Gasteiger partial charge in [0.1, 0.15) is 11.5 Å². The number of benzene rings is 2. The number of thioether (sulfide) groups is 1. The quantitative estimate of drug-likeness (QED) is 0.705. The highest BCUT2D eigenvalue weighted by Gasteiger charge is 2.41. The molecule has 0 N–H and O–H groups in total. The molecule has 2 aromatic carbocycles. The van der Waals surface area contributed by atoms with Crippen LogP contribution in [0.5, 0.6) is 11.5 Å². The maximum atomic E-state index is 13.3. The Hall–Kier alpha value is -2.73. The SMILES string of the molecule is CCSC1=C(c2ccc(C)cc2)C(=O)N(c2ccc(OC)cc2OC)C1=O. The smallest absolute Gasteiger partial charge is 0.272 e. The highest BCUT2D eigenvalue weighted by Crippen LogP contribution is 2.42. The van der Waals surface area contributed by atoms with Crippen LogP contribution in [0.25, 0.3) is 5.57 Å². The molecule has 1 aliphatic rings. The average Bonchev–Trinajstić information content (AvgIpc) is 2.92. The van der Waals surface area contributed by atoms with Crippen molar-refractivity contribution in [1.29, 1.82) is 0 Å². The minimum Gasteiger partial charge on any atom is -0.497 e. The van der Waals surface area contributed by atoms with E-state index in [9.17, 15) is 9.59 Å². The van der Waals surface area contributed by atoms with Gasteiger partial charge in [0, 0.05) is 6.07 Å². The number of amides is 2. The molecule has 0 unspecified atom stereocenters. The summed E-state index contributed by atoms with van der Waals surface area (Å²) in [6.45, 7) is 3.94. The van der Waals surface area contributed by atoms with Gasteiger partial charge in [0.25, 0.3) is 11.8 Å². The van der Waals surface area contributed by atoms with Crippen LogP contribution in [0.2, 0.25) is 0 Å². The average molecular weight is 383 g/mol. The molecule has 0 aliphatic carbocycles. The Balaban J connectivity index is 2.10. The Morgan fingerprint density at radius 1 is 0.963 bits per heavy atom. The van der Waals surface area contributed by atoms with E-state index in [2.05, 4.69) is 0 Å². The number of carbonyl (C=O) groups excluding carboxylic acids is 2. The standard InChI is InChI=1S/C21H21NO4S/c1-5-27-19-18(14-8-6-13(2)7-9-14)20(23)22(21(19)24)16-11-10-15(25-3)12-17(16)26-4/h6-12H,5H2,1-4H3. The predicted molar refractivity (Wildman–Crippen MR) is 108 cm³/mol. The summed E-state index contributed by atoms with van der Waals surface area (Å²) in [5.74, 6) is 1.01. The maximum Gasteiger partial charge on any atom is 0.272 e. The third-order valence-corrected chi connectivity index (χ3v) is 5.25. The van der Waals surface area contributed by atoms with Crippen LogP contribution in [0, 0.1) is 6.92 Å². The zero-order chi connectivity index (χ0) is 19.6. The fraction of sp³-hybridized carbons (Fsp3) is 0.238. The van der Waals surface area contributed by atoms with Crippen molar-refractivity contribution in [2.45, 2.75) is 13.8 Å². The van der Waals surface area contributed by atoms with Gasteiger partial charge in [0.2, 0.25) is 0 Å². The largest absolute Gasteiger partial charge is 0.497 e. The second-order valence-corrected chi connectivity index (χ2v) is 7.26. The first-order valence-corrected chi connectivity index (χ1v) is 9.55. The van der Waals surface area contributed by atoms with Gasteiger partial charge in [-0.3, -0.25) is 9.59 Å². The van der Waals surface area contributed by atoms with E-state index < -0.39 is 0 Å². The van der Waals surface area contributed by atoms with Crippen molar-refractivity contribution in [2.24, 2.45) is 0 Å². The van der Waals surface area contributed by atoms with Crippen LogP contribution < -0.4 is 14.4 Å². The fourth-order valence-corrected chi connectivity index (χ4v) is 3.80. The molecule has 2 amide bonds. The van der Waals surface area contributed by atoms with Gasteiger partial charge in [0.05, 0.1) is 30.4 Å². The summed E-state index contributed by atoms with van der Waals surface area (Å²) in [6.07, 6.45) is 0. The number of rotatable bonds is 6. The summed E-state index contributed by atoms with van der Waals surface area (Å²) in [4.78, 5) is 28.0. The zero-order valence-electron chi connectivity index (χ0n) is 15.7. The van der Waals surface area contributed by atoms with Crippen LogP contribution in [0.4, 0.5) is 5.69 Å². The summed E-state index contributed by atoms with van der Waals surface area (Å²) in [5, 5.41) is 0. The molecule has 140 valence electrons. The van der Waals surface area contributed by atoms with E-state index in [-0.39, 0.29) is 11.8 Å². The number of hydrogen-bond donors (Lipinski definition) is 0. The number of imide groups is 1. The molecule has 1 heterocycles. The molecule has 27 heavy (non-hydrogen) atoms. The topological polar surface area (TPSA) is 55.8 Å². The van der Waals surface area contributed by atoms with Crippen molar-refractivity contribution in [2.75, 3.05) is 24.9 Å². The molecule has 5 nitrogen and oxygen atoms in total. The molecule has 0 fully saturated rings. The lowest BCUT2D eigenvalue weighted by Gasteiger charge is -2.19. The first kappa shape index (κ1) is 19.0. The molecule has 1 aliphatic heterocycles. The van der Waals surface area contributed by atoms with E-state index in [1.807, 2.05) is 38.1 Å². The minimum atomic E-state index is -0.344. The summed E-state index contributed by atoms with van der Waals surface area (Å²) >= 11 is 1.38. The molecule has 0 radical (unpaired) electrons. The molecule has 0 saturated heterocycles. The molecule has 0 aromatic heterocycles. The second-order valence-electron chi connectivity index (χ2n) is 5.99. The lowest BCUT2D eigenvalue weighted by molar-refractivity contribution is -0.119. The first-order chi connectivity index (χ1) is 13.0. The maximum absolute atomic E-state index is 13.3. The van der Waals surface area contributed by atoms with Crippen molar-refractivity contribution in [3.8, 4) is 11.5 Å². The van der Waals surface area contributed by atoms with Crippen LogP contribution in [-0.4, -0.2) is 31.8 Å². The molecular weight excluding hydrogens is 362 g/mol. The number of aryl methyl sites for hydroxylation is 1. The number of ether oxygens (including phenoxy) is 2. The van der Waals surface area contributed by atoms with Crippen molar-refractivity contribution in [1.82, 2.24) is 0 Å². The van der Waals surface area contributed by atoms with E-state index in [0.29, 0.717) is 33.4 Å². The molecule has 0 saturated carbocycles. The van der Waals surface area contributed by atoms with E-state index in [1.165, 1.54) is 23.8 Å². The van der Waals surface area contributed by atoms with Crippen molar-refractivity contribution in [3.63, 3.8) is 0 Å². The van der Waals surface area contributed by atoms with Gasteiger partial charge in [-0.2, -0.15) is 0 Å². The molecule has 2 aromatic rings. The van der Waals surface area contributed by atoms with Crippen LogP contribution >= 0.6 is 11.8 Å². The van der Waals surface area contributed by atoms with Crippen LogP contribution in [-0.2, 0) is 9.59 Å². The molecule has 6 heteroatoms. The van der Waals surface area contributed by atoms with E-state index in [1.54, 1.807) is 25.3 Å². The minimum absolute atomic E-state index is 0.328.